The Morgan fingerprint density at radius 1 is 1.29 bits per heavy atom. The number of phenolic OH excluding ortho intramolecular Hbond substituents is 1. The van der Waals surface area contributed by atoms with Crippen LogP contribution >= 0.6 is 0 Å². The summed E-state index contributed by atoms with van der Waals surface area (Å²) in [6.07, 6.45) is 4.43. The highest BCUT2D eigenvalue weighted by atomic mass is 16.3. The highest BCUT2D eigenvalue weighted by Gasteiger charge is 2.47. The van der Waals surface area contributed by atoms with Gasteiger partial charge in [-0.2, -0.15) is 0 Å². The molecule has 4 nitrogen and oxygen atoms in total. The molecule has 1 saturated heterocycles. The molecule has 0 unspecified atom stereocenters. The molecule has 1 heterocycles. The van der Waals surface area contributed by atoms with Crippen molar-refractivity contribution >= 4 is 11.7 Å². The molecule has 0 radical (unpaired) electrons. The summed E-state index contributed by atoms with van der Waals surface area (Å²) < 4.78 is 0. The lowest BCUT2D eigenvalue weighted by atomic mass is 9.96. The standard InChI is InChI=1S/C13H16N2O2/c16-11-5-3-4-10(8-11)15-12(17)14-9-13(15)6-1-2-7-13/h3-5,8,16H,1-2,6-7,9H2,(H,14,17). The second kappa shape index (κ2) is 3.65. The first kappa shape index (κ1) is 10.4. The fourth-order valence-corrected chi connectivity index (χ4v) is 3.07. The van der Waals surface area contributed by atoms with Gasteiger partial charge >= 0.3 is 6.03 Å². The molecule has 1 aromatic carbocycles. The van der Waals surface area contributed by atoms with Crippen LogP contribution < -0.4 is 10.2 Å². The minimum absolute atomic E-state index is 0.0440. The summed E-state index contributed by atoms with van der Waals surface area (Å²) in [5.74, 6) is 0.204. The lowest BCUT2D eigenvalue weighted by molar-refractivity contribution is 0.250. The summed E-state index contributed by atoms with van der Waals surface area (Å²) in [5.41, 5.74) is 0.729. The molecular formula is C13H16N2O2. The third kappa shape index (κ3) is 1.55. The average Bonchev–Trinajstić information content (AvgIpc) is 2.88. The zero-order valence-corrected chi connectivity index (χ0v) is 9.65. The summed E-state index contributed by atoms with van der Waals surface area (Å²) in [6.45, 7) is 0.724. The maximum absolute atomic E-state index is 12.0. The van der Waals surface area contributed by atoms with E-state index in [1.807, 2.05) is 11.0 Å². The number of aromatic hydroxyl groups is 1. The van der Waals surface area contributed by atoms with E-state index >= 15 is 0 Å². The zero-order valence-electron chi connectivity index (χ0n) is 9.65. The Morgan fingerprint density at radius 3 is 2.76 bits per heavy atom. The topological polar surface area (TPSA) is 52.6 Å². The summed E-state index contributed by atoms with van der Waals surface area (Å²) in [6, 6.07) is 6.89. The third-order valence-corrected chi connectivity index (χ3v) is 3.87. The quantitative estimate of drug-likeness (QED) is 0.780. The van der Waals surface area contributed by atoms with Crippen molar-refractivity contribution in [2.45, 2.75) is 31.2 Å². The smallest absolute Gasteiger partial charge is 0.322 e. The molecule has 1 saturated carbocycles. The Labute approximate surface area is 100 Å². The van der Waals surface area contributed by atoms with E-state index in [9.17, 15) is 9.90 Å². The molecule has 17 heavy (non-hydrogen) atoms. The van der Waals surface area contributed by atoms with Crippen LogP contribution in [0.5, 0.6) is 5.75 Å². The van der Waals surface area contributed by atoms with Gasteiger partial charge in [-0.3, -0.25) is 4.90 Å². The van der Waals surface area contributed by atoms with Crippen molar-refractivity contribution in [3.8, 4) is 5.75 Å². The lowest BCUT2D eigenvalue weighted by Gasteiger charge is -2.33. The fourth-order valence-electron chi connectivity index (χ4n) is 3.07. The molecule has 1 aliphatic heterocycles. The molecule has 1 spiro atoms. The second-order valence-corrected chi connectivity index (χ2v) is 4.95. The van der Waals surface area contributed by atoms with Crippen LogP contribution in [0, 0.1) is 0 Å². The van der Waals surface area contributed by atoms with Crippen LogP contribution in [0.1, 0.15) is 25.7 Å². The number of hydrogen-bond acceptors (Lipinski definition) is 2. The number of anilines is 1. The Balaban J connectivity index is 2.01. The number of nitrogens with zero attached hydrogens (tertiary/aromatic N) is 1. The first-order chi connectivity index (χ1) is 8.21. The predicted octanol–water partition coefficient (Wildman–Crippen LogP) is 2.23. The third-order valence-electron chi connectivity index (χ3n) is 3.87. The maximum Gasteiger partial charge on any atom is 0.322 e. The molecule has 4 heteroatoms. The van der Waals surface area contributed by atoms with E-state index in [-0.39, 0.29) is 17.3 Å². The van der Waals surface area contributed by atoms with E-state index in [0.717, 1.165) is 25.1 Å². The van der Waals surface area contributed by atoms with Gasteiger partial charge in [0.25, 0.3) is 0 Å². The Hall–Kier alpha value is -1.71. The second-order valence-electron chi connectivity index (χ2n) is 4.95. The average molecular weight is 232 g/mol. The van der Waals surface area contributed by atoms with Crippen LogP contribution in [0.4, 0.5) is 10.5 Å². The van der Waals surface area contributed by atoms with Gasteiger partial charge in [-0.05, 0) is 25.0 Å². The zero-order chi connectivity index (χ0) is 11.9. The van der Waals surface area contributed by atoms with Gasteiger partial charge in [-0.25, -0.2) is 4.79 Å². The van der Waals surface area contributed by atoms with E-state index in [0.29, 0.717) is 0 Å². The SMILES string of the molecule is O=C1NCC2(CCCC2)N1c1cccc(O)c1. The van der Waals surface area contributed by atoms with E-state index in [1.54, 1.807) is 18.2 Å². The molecule has 1 aliphatic carbocycles. The molecule has 0 aromatic heterocycles. The van der Waals surface area contributed by atoms with Crippen molar-refractivity contribution in [1.82, 2.24) is 5.32 Å². The van der Waals surface area contributed by atoms with Crippen molar-refractivity contribution in [2.24, 2.45) is 0 Å². The van der Waals surface area contributed by atoms with Gasteiger partial charge in [0.2, 0.25) is 0 Å². The fraction of sp³-hybridized carbons (Fsp3) is 0.462. The van der Waals surface area contributed by atoms with Crippen molar-refractivity contribution in [1.29, 1.82) is 0 Å². The number of urea groups is 1. The Kier molecular flexibility index (Phi) is 2.24. The molecular weight excluding hydrogens is 216 g/mol. The van der Waals surface area contributed by atoms with Gasteiger partial charge < -0.3 is 10.4 Å². The molecule has 1 aromatic rings. The molecule has 3 rings (SSSR count). The van der Waals surface area contributed by atoms with Crippen LogP contribution in [-0.4, -0.2) is 23.2 Å². The van der Waals surface area contributed by atoms with Gasteiger partial charge in [-0.1, -0.05) is 18.9 Å². The minimum Gasteiger partial charge on any atom is -0.508 e. The highest BCUT2D eigenvalue weighted by molar-refractivity contribution is 5.96. The lowest BCUT2D eigenvalue weighted by Crippen LogP contribution is -2.45. The molecule has 2 amide bonds. The molecule has 2 aliphatic rings. The Morgan fingerprint density at radius 2 is 2.06 bits per heavy atom. The van der Waals surface area contributed by atoms with Crippen molar-refractivity contribution in [3.05, 3.63) is 24.3 Å². The van der Waals surface area contributed by atoms with Crippen LogP contribution in [0.3, 0.4) is 0 Å². The van der Waals surface area contributed by atoms with Gasteiger partial charge in [0.15, 0.2) is 0 Å². The minimum atomic E-state index is -0.0646. The maximum atomic E-state index is 12.0. The van der Waals surface area contributed by atoms with E-state index < -0.39 is 0 Å². The molecule has 0 bridgehead atoms. The molecule has 90 valence electrons. The summed E-state index contributed by atoms with van der Waals surface area (Å²) in [5, 5.41) is 12.5. The van der Waals surface area contributed by atoms with Crippen LogP contribution in [-0.2, 0) is 0 Å². The normalized spacial score (nSPS) is 22.1. The summed E-state index contributed by atoms with van der Waals surface area (Å²) >= 11 is 0. The van der Waals surface area contributed by atoms with Crippen molar-refractivity contribution in [3.63, 3.8) is 0 Å². The first-order valence-electron chi connectivity index (χ1n) is 6.08. The first-order valence-corrected chi connectivity index (χ1v) is 6.08. The number of benzene rings is 1. The number of rotatable bonds is 1. The Bertz CT molecular complexity index is 452. The van der Waals surface area contributed by atoms with E-state index in [2.05, 4.69) is 5.32 Å². The number of amides is 2. The number of carbonyl (C=O) groups is 1. The summed E-state index contributed by atoms with van der Waals surface area (Å²) in [7, 11) is 0. The molecule has 2 fully saturated rings. The van der Waals surface area contributed by atoms with Crippen molar-refractivity contribution < 1.29 is 9.90 Å². The highest BCUT2D eigenvalue weighted by Crippen LogP contribution is 2.41. The predicted molar refractivity (Wildman–Crippen MR) is 65.2 cm³/mol. The van der Waals surface area contributed by atoms with Gasteiger partial charge in [0, 0.05) is 18.3 Å². The van der Waals surface area contributed by atoms with Crippen LogP contribution in [0.25, 0.3) is 0 Å². The number of hydrogen-bond donors (Lipinski definition) is 2. The number of phenols is 1. The van der Waals surface area contributed by atoms with Crippen molar-refractivity contribution in [2.75, 3.05) is 11.4 Å². The van der Waals surface area contributed by atoms with E-state index in [1.165, 1.54) is 12.8 Å². The van der Waals surface area contributed by atoms with Gasteiger partial charge in [0.1, 0.15) is 5.75 Å². The molecule has 0 atom stereocenters. The monoisotopic (exact) mass is 232 g/mol. The number of nitrogens with one attached hydrogen (secondary N) is 1. The van der Waals surface area contributed by atoms with E-state index in [4.69, 9.17) is 0 Å². The number of carbonyl (C=O) groups excluding carboxylic acids is 1. The summed E-state index contributed by atoms with van der Waals surface area (Å²) in [4.78, 5) is 13.8. The van der Waals surface area contributed by atoms with Crippen LogP contribution in [0.15, 0.2) is 24.3 Å². The van der Waals surface area contributed by atoms with Gasteiger partial charge in [-0.15, -0.1) is 0 Å². The largest absolute Gasteiger partial charge is 0.508 e. The van der Waals surface area contributed by atoms with Crippen LogP contribution in [0.2, 0.25) is 0 Å². The molecule has 2 N–H and O–H groups in total. The van der Waals surface area contributed by atoms with Gasteiger partial charge in [0.05, 0.1) is 5.54 Å².